The van der Waals surface area contributed by atoms with Gasteiger partial charge >= 0.3 is 0 Å². The first kappa shape index (κ1) is 24.0. The van der Waals surface area contributed by atoms with Gasteiger partial charge in [-0.05, 0) is 32.8 Å². The Morgan fingerprint density at radius 3 is 2.59 bits per heavy atom. The van der Waals surface area contributed by atoms with Crippen molar-refractivity contribution in [2.24, 2.45) is 0 Å². The maximum Gasteiger partial charge on any atom is 0.238 e. The zero-order valence-corrected chi connectivity index (χ0v) is 20.5. The summed E-state index contributed by atoms with van der Waals surface area (Å²) in [6.45, 7) is 6.44. The lowest BCUT2D eigenvalue weighted by Crippen LogP contribution is -2.32. The lowest BCUT2D eigenvalue weighted by Gasteiger charge is -2.26. The van der Waals surface area contributed by atoms with E-state index in [0.29, 0.717) is 49.1 Å². The molecule has 11 nitrogen and oxygen atoms in total. The molecule has 0 amide bonds. The molecule has 0 saturated carbocycles. The molecule has 1 saturated heterocycles. The van der Waals surface area contributed by atoms with Gasteiger partial charge < -0.3 is 9.47 Å². The number of rotatable bonds is 8. The summed E-state index contributed by atoms with van der Waals surface area (Å²) < 4.78 is 42.0. The van der Waals surface area contributed by atoms with Gasteiger partial charge in [0.25, 0.3) is 0 Å². The maximum absolute atomic E-state index is 13.4. The van der Waals surface area contributed by atoms with Crippen LogP contribution in [-0.2, 0) is 14.8 Å². The first-order valence-electron chi connectivity index (χ1n) is 11.1. The third-order valence-electron chi connectivity index (χ3n) is 6.11. The van der Waals surface area contributed by atoms with Gasteiger partial charge in [-0.3, -0.25) is 19.3 Å². The van der Waals surface area contributed by atoms with Crippen molar-refractivity contribution in [2.45, 2.75) is 50.8 Å². The summed E-state index contributed by atoms with van der Waals surface area (Å²) in [5.41, 5.74) is 1.92. The number of aryl methyl sites for hydroxylation is 1. The van der Waals surface area contributed by atoms with Crippen LogP contribution in [0, 0.1) is 6.92 Å². The van der Waals surface area contributed by atoms with Crippen molar-refractivity contribution >= 4 is 16.0 Å². The number of hydrogen-bond acceptors (Lipinski definition) is 9. The largest absolute Gasteiger partial charge is 0.481 e. The third-order valence-corrected chi connectivity index (χ3v) is 7.96. The Morgan fingerprint density at radius 2 is 1.91 bits per heavy atom. The average Bonchev–Trinajstić information content (AvgIpc) is 3.27. The number of aromatic nitrogens is 6. The Balaban J connectivity index is 1.67. The fraction of sp³-hybridized carbons (Fsp3) is 0.500. The van der Waals surface area contributed by atoms with Gasteiger partial charge in [0.05, 0.1) is 23.7 Å². The van der Waals surface area contributed by atoms with Crippen LogP contribution >= 0.6 is 0 Å². The lowest BCUT2D eigenvalue weighted by atomic mass is 10.1. The van der Waals surface area contributed by atoms with Crippen molar-refractivity contribution in [3.8, 4) is 17.4 Å². The van der Waals surface area contributed by atoms with Gasteiger partial charge in [-0.2, -0.15) is 0 Å². The molecule has 0 aromatic carbocycles. The van der Waals surface area contributed by atoms with E-state index in [2.05, 4.69) is 29.9 Å². The minimum absolute atomic E-state index is 0.0415. The summed E-state index contributed by atoms with van der Waals surface area (Å²) in [6.07, 6.45) is 4.65. The number of pyridine rings is 1. The van der Waals surface area contributed by atoms with E-state index in [1.165, 1.54) is 7.11 Å². The van der Waals surface area contributed by atoms with Crippen molar-refractivity contribution < 1.29 is 17.9 Å². The van der Waals surface area contributed by atoms with Crippen LogP contribution in [0.15, 0.2) is 30.6 Å². The van der Waals surface area contributed by atoms with E-state index in [0.717, 1.165) is 5.69 Å². The van der Waals surface area contributed by atoms with Gasteiger partial charge in [0, 0.05) is 43.6 Å². The number of anilines is 1. The van der Waals surface area contributed by atoms with E-state index in [-0.39, 0.29) is 17.9 Å². The molecule has 34 heavy (non-hydrogen) atoms. The zero-order chi connectivity index (χ0) is 24.3. The quantitative estimate of drug-likeness (QED) is 0.509. The monoisotopic (exact) mass is 487 g/mol. The van der Waals surface area contributed by atoms with Crippen LogP contribution in [0.1, 0.15) is 50.0 Å². The van der Waals surface area contributed by atoms with Crippen molar-refractivity contribution in [2.75, 3.05) is 25.0 Å². The second-order valence-electron chi connectivity index (χ2n) is 8.35. The van der Waals surface area contributed by atoms with Crippen LogP contribution in [0.4, 0.5) is 5.95 Å². The van der Waals surface area contributed by atoms with Crippen LogP contribution in [0.5, 0.6) is 5.88 Å². The minimum atomic E-state index is -3.83. The van der Waals surface area contributed by atoms with Crippen LogP contribution < -0.4 is 9.46 Å². The molecule has 0 aliphatic carbocycles. The first-order chi connectivity index (χ1) is 16.3. The van der Waals surface area contributed by atoms with Crippen molar-refractivity contribution in [1.29, 1.82) is 0 Å². The van der Waals surface area contributed by atoms with Gasteiger partial charge in [0.15, 0.2) is 5.82 Å². The first-order valence-corrected chi connectivity index (χ1v) is 12.7. The smallest absolute Gasteiger partial charge is 0.238 e. The van der Waals surface area contributed by atoms with Gasteiger partial charge in [0.2, 0.25) is 21.9 Å². The number of sulfonamides is 1. The molecule has 2 atom stereocenters. The highest BCUT2D eigenvalue weighted by Crippen LogP contribution is 2.32. The van der Waals surface area contributed by atoms with Crippen LogP contribution in [0.2, 0.25) is 0 Å². The summed E-state index contributed by atoms with van der Waals surface area (Å²) in [5, 5.41) is 7.72. The molecule has 3 aromatic heterocycles. The zero-order valence-electron chi connectivity index (χ0n) is 19.7. The fourth-order valence-electron chi connectivity index (χ4n) is 3.84. The van der Waals surface area contributed by atoms with Crippen molar-refractivity contribution in [3.05, 3.63) is 42.0 Å². The molecule has 182 valence electrons. The molecule has 4 heterocycles. The van der Waals surface area contributed by atoms with Gasteiger partial charge in [-0.1, -0.05) is 13.0 Å². The summed E-state index contributed by atoms with van der Waals surface area (Å²) in [5.74, 6) is 0.668. The van der Waals surface area contributed by atoms with E-state index in [4.69, 9.17) is 9.47 Å². The highest BCUT2D eigenvalue weighted by molar-refractivity contribution is 7.93. The molecule has 1 aliphatic rings. The average molecular weight is 488 g/mol. The van der Waals surface area contributed by atoms with Gasteiger partial charge in [-0.25, -0.2) is 13.4 Å². The highest BCUT2D eigenvalue weighted by Gasteiger charge is 2.32. The number of nitrogens with zero attached hydrogens (tertiary/aromatic N) is 6. The summed E-state index contributed by atoms with van der Waals surface area (Å²) in [4.78, 5) is 13.1. The van der Waals surface area contributed by atoms with Crippen molar-refractivity contribution in [1.82, 2.24) is 29.7 Å². The molecular weight excluding hydrogens is 458 g/mol. The lowest BCUT2D eigenvalue weighted by molar-refractivity contribution is 0.0704. The minimum Gasteiger partial charge on any atom is -0.481 e. The summed E-state index contributed by atoms with van der Waals surface area (Å²) in [7, 11) is -2.29. The number of hydrogen-bond donors (Lipinski definition) is 1. The predicted octanol–water partition coefficient (Wildman–Crippen LogP) is 2.73. The highest BCUT2D eigenvalue weighted by atomic mass is 32.2. The Morgan fingerprint density at radius 1 is 1.15 bits per heavy atom. The Bertz CT molecular complexity index is 1220. The van der Waals surface area contributed by atoms with Gasteiger partial charge in [-0.15, -0.1) is 10.2 Å². The van der Waals surface area contributed by atoms with E-state index < -0.39 is 15.3 Å². The molecular formula is C22H29N7O4S. The topological polar surface area (TPSA) is 134 Å². The number of ether oxygens (including phenoxy) is 2. The molecule has 12 heteroatoms. The molecule has 1 N–H and O–H groups in total. The molecule has 4 rings (SSSR count). The third kappa shape index (κ3) is 5.02. The second kappa shape index (κ2) is 10.0. The summed E-state index contributed by atoms with van der Waals surface area (Å²) >= 11 is 0. The van der Waals surface area contributed by atoms with Crippen LogP contribution in [0.25, 0.3) is 11.5 Å². The van der Waals surface area contributed by atoms with E-state index in [1.807, 2.05) is 18.4 Å². The molecule has 3 aromatic rings. The normalized spacial score (nSPS) is 16.7. The Kier molecular flexibility index (Phi) is 7.08. The van der Waals surface area contributed by atoms with Gasteiger partial charge in [0.1, 0.15) is 5.69 Å². The number of nitrogens with one attached hydrogen (secondary N) is 1. The maximum atomic E-state index is 13.4. The van der Waals surface area contributed by atoms with E-state index in [9.17, 15) is 8.42 Å². The van der Waals surface area contributed by atoms with E-state index >= 15 is 0 Å². The SMILES string of the molecule is COc1cccc(-c2nnc(NS(=O)(=O)C(C)C(C)c3cnc(C)cn3)n2C2CCOCC2)n1. The molecule has 2 unspecified atom stereocenters. The predicted molar refractivity (Wildman–Crippen MR) is 126 cm³/mol. The van der Waals surface area contributed by atoms with Crippen LogP contribution in [-0.4, -0.2) is 63.7 Å². The molecule has 0 radical (unpaired) electrons. The molecule has 1 fully saturated rings. The van der Waals surface area contributed by atoms with E-state index in [1.54, 1.807) is 37.5 Å². The standard InChI is InChI=1S/C22H29N7O4S/c1-14-12-24-19(13-23-14)15(2)16(3)34(30,31)28-22-27-26-21(18-6-5-7-20(25-18)32-4)29(22)17-8-10-33-11-9-17/h5-7,12-13,15-17H,8-11H2,1-4H3,(H,27,28). The molecule has 1 aliphatic heterocycles. The Hall–Kier alpha value is -3.12. The van der Waals surface area contributed by atoms with Crippen LogP contribution in [0.3, 0.4) is 0 Å². The summed E-state index contributed by atoms with van der Waals surface area (Å²) in [6, 6.07) is 5.29. The van der Waals surface area contributed by atoms with Crippen molar-refractivity contribution in [3.63, 3.8) is 0 Å². The number of methoxy groups -OCH3 is 1. The molecule has 0 bridgehead atoms. The fourth-order valence-corrected chi connectivity index (χ4v) is 5.10. The molecule has 0 spiro atoms. The second-order valence-corrected chi connectivity index (χ2v) is 10.4. The Labute approximate surface area is 199 Å².